The van der Waals surface area contributed by atoms with E-state index in [2.05, 4.69) is 54.0 Å². The molecule has 0 amide bonds. The molecule has 2 rings (SSSR count). The van der Waals surface area contributed by atoms with Crippen molar-refractivity contribution in [3.05, 3.63) is 21.2 Å². The van der Waals surface area contributed by atoms with Gasteiger partial charge in [0.15, 0.2) is 0 Å². The monoisotopic (exact) mass is 333 g/mol. The Morgan fingerprint density at radius 2 is 2.27 bits per heavy atom. The normalized spacial score (nSPS) is 17.5. The summed E-state index contributed by atoms with van der Waals surface area (Å²) in [6.07, 6.45) is 1.81. The van der Waals surface area contributed by atoms with E-state index in [1.54, 1.807) is 0 Å². The van der Waals surface area contributed by atoms with Crippen molar-refractivity contribution in [3.63, 3.8) is 0 Å². The average Bonchev–Trinajstić information content (AvgIpc) is 2.13. The lowest BCUT2D eigenvalue weighted by Gasteiger charge is -2.39. The van der Waals surface area contributed by atoms with Crippen LogP contribution >= 0.6 is 31.9 Å². The van der Waals surface area contributed by atoms with Gasteiger partial charge in [-0.25, -0.2) is 4.98 Å². The summed E-state index contributed by atoms with van der Waals surface area (Å²) in [4.78, 5) is 6.72. The van der Waals surface area contributed by atoms with Crippen molar-refractivity contribution >= 4 is 37.7 Å². The van der Waals surface area contributed by atoms with Crippen LogP contribution in [-0.2, 0) is 0 Å². The molecule has 1 aromatic rings. The van der Waals surface area contributed by atoms with Crippen molar-refractivity contribution < 1.29 is 0 Å². The number of aromatic nitrogens is 1. The van der Waals surface area contributed by atoms with Gasteiger partial charge in [0.2, 0.25) is 0 Å². The highest BCUT2D eigenvalue weighted by atomic mass is 79.9. The van der Waals surface area contributed by atoms with Crippen LogP contribution in [0.15, 0.2) is 21.2 Å². The molecule has 0 saturated carbocycles. The minimum Gasteiger partial charge on any atom is -0.364 e. The number of nitrogens with one attached hydrogen (secondary N) is 1. The molecule has 1 aromatic heterocycles. The average molecular weight is 335 g/mol. The molecule has 1 N–H and O–H groups in total. The summed E-state index contributed by atoms with van der Waals surface area (Å²) < 4.78 is 2.00. The number of halogens is 2. The van der Waals surface area contributed by atoms with Crippen molar-refractivity contribution in [3.8, 4) is 0 Å². The summed E-state index contributed by atoms with van der Waals surface area (Å²) in [7, 11) is 0. The molecule has 2 heterocycles. The molecule has 0 aliphatic carbocycles. The van der Waals surface area contributed by atoms with Gasteiger partial charge in [0, 0.05) is 23.8 Å². The number of likely N-dealkylation sites (N-methyl/N-ethyl adjacent to an activating group) is 1. The van der Waals surface area contributed by atoms with Crippen LogP contribution in [0.4, 0.5) is 5.82 Å². The predicted octanol–water partition coefficient (Wildman–Crippen LogP) is 2.72. The number of likely N-dealkylation sites (tertiary alicyclic amines) is 1. The minimum absolute atomic E-state index is 0.537. The lowest BCUT2D eigenvalue weighted by Crippen LogP contribution is -2.54. The van der Waals surface area contributed by atoms with Gasteiger partial charge >= 0.3 is 0 Å². The predicted molar refractivity (Wildman–Crippen MR) is 69.2 cm³/mol. The van der Waals surface area contributed by atoms with E-state index in [-0.39, 0.29) is 0 Å². The van der Waals surface area contributed by atoms with Crippen molar-refractivity contribution in [1.82, 2.24) is 9.88 Å². The fourth-order valence-corrected chi connectivity index (χ4v) is 2.74. The van der Waals surface area contributed by atoms with Gasteiger partial charge < -0.3 is 5.32 Å². The lowest BCUT2D eigenvalue weighted by molar-refractivity contribution is 0.171. The van der Waals surface area contributed by atoms with E-state index in [0.717, 1.165) is 34.4 Å². The molecule has 15 heavy (non-hydrogen) atoms. The van der Waals surface area contributed by atoms with E-state index in [0.29, 0.717) is 6.04 Å². The van der Waals surface area contributed by atoms with E-state index in [1.165, 1.54) is 0 Å². The summed E-state index contributed by atoms with van der Waals surface area (Å²) in [5, 5.41) is 3.42. The Balaban J connectivity index is 1.94. The quantitative estimate of drug-likeness (QED) is 0.921. The lowest BCUT2D eigenvalue weighted by atomic mass is 10.1. The zero-order valence-corrected chi connectivity index (χ0v) is 11.7. The van der Waals surface area contributed by atoms with E-state index >= 15 is 0 Å². The molecule has 0 aromatic carbocycles. The first kappa shape index (κ1) is 11.4. The van der Waals surface area contributed by atoms with Gasteiger partial charge in [-0.3, -0.25) is 4.90 Å². The molecule has 0 bridgehead atoms. The van der Waals surface area contributed by atoms with Crippen molar-refractivity contribution in [1.29, 1.82) is 0 Å². The maximum atomic E-state index is 4.33. The molecule has 3 nitrogen and oxygen atoms in total. The van der Waals surface area contributed by atoms with Gasteiger partial charge in [-0.05, 0) is 44.5 Å². The molecule has 1 aliphatic heterocycles. The third-order valence-corrected chi connectivity index (χ3v) is 3.59. The molecule has 82 valence electrons. The SMILES string of the molecule is CCN1CC(Nc2ncc(Br)cc2Br)C1. The van der Waals surface area contributed by atoms with Crippen molar-refractivity contribution in [2.75, 3.05) is 25.0 Å². The fourth-order valence-electron chi connectivity index (χ4n) is 1.63. The fraction of sp³-hybridized carbons (Fsp3) is 0.500. The Morgan fingerprint density at radius 3 is 2.87 bits per heavy atom. The highest BCUT2D eigenvalue weighted by Gasteiger charge is 2.25. The number of rotatable bonds is 3. The summed E-state index contributed by atoms with van der Waals surface area (Å²) >= 11 is 6.88. The number of nitrogens with zero attached hydrogens (tertiary/aromatic N) is 2. The zero-order chi connectivity index (χ0) is 10.8. The van der Waals surface area contributed by atoms with Gasteiger partial charge in [0.1, 0.15) is 5.82 Å². The van der Waals surface area contributed by atoms with E-state index in [1.807, 2.05) is 12.3 Å². The van der Waals surface area contributed by atoms with E-state index in [9.17, 15) is 0 Å². The maximum Gasteiger partial charge on any atom is 0.140 e. The van der Waals surface area contributed by atoms with Crippen LogP contribution in [0.1, 0.15) is 6.92 Å². The Bertz CT molecular complexity index is 351. The van der Waals surface area contributed by atoms with Crippen LogP contribution < -0.4 is 5.32 Å². The van der Waals surface area contributed by atoms with Crippen LogP contribution in [0.25, 0.3) is 0 Å². The second-order valence-electron chi connectivity index (χ2n) is 3.68. The van der Waals surface area contributed by atoms with Crippen LogP contribution in [0.3, 0.4) is 0 Å². The first-order valence-corrected chi connectivity index (χ1v) is 6.57. The molecule has 0 radical (unpaired) electrons. The molecule has 1 aliphatic rings. The topological polar surface area (TPSA) is 28.2 Å². The maximum absolute atomic E-state index is 4.33. The number of anilines is 1. The van der Waals surface area contributed by atoms with Gasteiger partial charge in [0.05, 0.1) is 10.5 Å². The molecular formula is C10H13Br2N3. The van der Waals surface area contributed by atoms with Crippen molar-refractivity contribution in [2.24, 2.45) is 0 Å². The third kappa shape index (κ3) is 2.71. The van der Waals surface area contributed by atoms with Gasteiger partial charge in [-0.1, -0.05) is 6.92 Å². The largest absolute Gasteiger partial charge is 0.364 e. The van der Waals surface area contributed by atoms with Gasteiger partial charge in [0.25, 0.3) is 0 Å². The second-order valence-corrected chi connectivity index (χ2v) is 5.45. The molecule has 0 unspecified atom stereocenters. The zero-order valence-electron chi connectivity index (χ0n) is 8.50. The van der Waals surface area contributed by atoms with Crippen LogP contribution in [0.2, 0.25) is 0 Å². The smallest absolute Gasteiger partial charge is 0.140 e. The van der Waals surface area contributed by atoms with Crippen LogP contribution in [0.5, 0.6) is 0 Å². The summed E-state index contributed by atoms with van der Waals surface area (Å²) in [5.41, 5.74) is 0. The molecular weight excluding hydrogens is 322 g/mol. The molecule has 1 saturated heterocycles. The van der Waals surface area contributed by atoms with E-state index < -0.39 is 0 Å². The molecule has 1 fully saturated rings. The first-order valence-electron chi connectivity index (χ1n) is 4.99. The first-order chi connectivity index (χ1) is 7.19. The summed E-state index contributed by atoms with van der Waals surface area (Å²) in [5.74, 6) is 0.930. The standard InChI is InChI=1S/C10H13Br2N3/c1-2-15-5-8(6-15)14-10-9(12)3-7(11)4-13-10/h3-4,8H,2,5-6H2,1H3,(H,13,14). The Kier molecular flexibility index (Phi) is 3.64. The Morgan fingerprint density at radius 1 is 1.53 bits per heavy atom. The molecule has 5 heteroatoms. The third-order valence-electron chi connectivity index (χ3n) is 2.55. The minimum atomic E-state index is 0.537. The molecule has 0 spiro atoms. The molecule has 0 atom stereocenters. The van der Waals surface area contributed by atoms with Crippen molar-refractivity contribution in [2.45, 2.75) is 13.0 Å². The van der Waals surface area contributed by atoms with Gasteiger partial charge in [-0.2, -0.15) is 0 Å². The Labute approximate surface area is 107 Å². The van der Waals surface area contributed by atoms with Crippen LogP contribution in [0, 0.1) is 0 Å². The summed E-state index contributed by atoms with van der Waals surface area (Å²) in [6.45, 7) is 5.54. The number of pyridine rings is 1. The number of hydrogen-bond donors (Lipinski definition) is 1. The highest BCUT2D eigenvalue weighted by Crippen LogP contribution is 2.25. The van der Waals surface area contributed by atoms with E-state index in [4.69, 9.17) is 0 Å². The number of hydrogen-bond acceptors (Lipinski definition) is 3. The highest BCUT2D eigenvalue weighted by molar-refractivity contribution is 9.11. The van der Waals surface area contributed by atoms with Crippen LogP contribution in [-0.4, -0.2) is 35.6 Å². The van der Waals surface area contributed by atoms with Gasteiger partial charge in [-0.15, -0.1) is 0 Å². The summed E-state index contributed by atoms with van der Waals surface area (Å²) in [6, 6.07) is 2.54. The Hall–Kier alpha value is -0.130. The second kappa shape index (κ2) is 4.80.